The number of nitrogens with zero attached hydrogens (tertiary/aromatic N) is 2. The number of aromatic nitrogens is 2. The Morgan fingerprint density at radius 2 is 2.06 bits per heavy atom. The first-order chi connectivity index (χ1) is 8.74. The van der Waals surface area contributed by atoms with Crippen molar-refractivity contribution in [1.82, 2.24) is 14.9 Å². The van der Waals surface area contributed by atoms with Crippen LogP contribution in [0.5, 0.6) is 0 Å². The molecule has 0 unspecified atom stereocenters. The molecule has 1 saturated heterocycles. The third kappa shape index (κ3) is 1.92. The molecule has 1 aliphatic heterocycles. The number of H-pyrrole nitrogens is 1. The lowest BCUT2D eigenvalue weighted by Gasteiger charge is -2.26. The average Bonchev–Trinajstić information content (AvgIpc) is 2.81. The molecule has 0 bridgehead atoms. The lowest BCUT2D eigenvalue weighted by Crippen LogP contribution is -2.35. The predicted octanol–water partition coefficient (Wildman–Crippen LogP) is 1.77. The molecule has 0 radical (unpaired) electrons. The van der Waals surface area contributed by atoms with E-state index < -0.39 is 0 Å². The van der Waals surface area contributed by atoms with Crippen LogP contribution in [0.25, 0.3) is 11.0 Å². The fraction of sp³-hybridized carbons (Fsp3) is 0.385. The summed E-state index contributed by atoms with van der Waals surface area (Å²) in [6, 6.07) is 3.65. The van der Waals surface area contributed by atoms with Gasteiger partial charge in [0.25, 0.3) is 5.91 Å². The fourth-order valence-corrected chi connectivity index (χ4v) is 2.41. The number of carbonyl (C=O) groups excluding carboxylic acids is 1. The zero-order chi connectivity index (χ0) is 12.5. The van der Waals surface area contributed by atoms with E-state index in [2.05, 4.69) is 9.97 Å². The number of hydrogen-bond donors (Lipinski definition) is 2. The Bertz CT molecular complexity index is 584. The lowest BCUT2D eigenvalue weighted by molar-refractivity contribution is 0.0719. The Morgan fingerprint density at radius 1 is 1.28 bits per heavy atom. The average molecular weight is 244 g/mol. The number of piperidine rings is 1. The molecule has 0 aliphatic carbocycles. The van der Waals surface area contributed by atoms with E-state index in [1.54, 1.807) is 6.20 Å². The molecule has 5 heteroatoms. The standard InChI is InChI=1S/C13H16N4O/c14-10-6-9-7-11(16-12(9)15-8-10)13(18)17-4-2-1-3-5-17/h6-8H,1-5,14H2,(H,15,16). The maximum absolute atomic E-state index is 12.3. The van der Waals surface area contributed by atoms with Gasteiger partial charge in [-0.15, -0.1) is 0 Å². The monoisotopic (exact) mass is 244 g/mol. The highest BCUT2D eigenvalue weighted by molar-refractivity contribution is 5.97. The maximum Gasteiger partial charge on any atom is 0.270 e. The molecule has 5 nitrogen and oxygen atoms in total. The first-order valence-corrected chi connectivity index (χ1v) is 6.27. The number of aromatic amines is 1. The van der Waals surface area contributed by atoms with E-state index in [9.17, 15) is 4.79 Å². The van der Waals surface area contributed by atoms with Crippen molar-refractivity contribution < 1.29 is 4.79 Å². The number of anilines is 1. The molecule has 3 N–H and O–H groups in total. The van der Waals surface area contributed by atoms with E-state index in [-0.39, 0.29) is 5.91 Å². The van der Waals surface area contributed by atoms with Gasteiger partial charge >= 0.3 is 0 Å². The van der Waals surface area contributed by atoms with Crippen LogP contribution in [0.3, 0.4) is 0 Å². The number of hydrogen-bond acceptors (Lipinski definition) is 3. The molecule has 3 rings (SSSR count). The van der Waals surface area contributed by atoms with Crippen molar-refractivity contribution in [2.24, 2.45) is 0 Å². The van der Waals surface area contributed by atoms with E-state index in [1.807, 2.05) is 17.0 Å². The second-order valence-corrected chi connectivity index (χ2v) is 4.74. The van der Waals surface area contributed by atoms with Gasteiger partial charge in [0, 0.05) is 18.5 Å². The highest BCUT2D eigenvalue weighted by Gasteiger charge is 2.19. The largest absolute Gasteiger partial charge is 0.397 e. The molecule has 0 aromatic carbocycles. The van der Waals surface area contributed by atoms with E-state index in [0.717, 1.165) is 31.3 Å². The molecule has 1 amide bonds. The predicted molar refractivity (Wildman–Crippen MR) is 70.3 cm³/mol. The minimum atomic E-state index is 0.0614. The highest BCUT2D eigenvalue weighted by Crippen LogP contribution is 2.18. The minimum Gasteiger partial charge on any atom is -0.397 e. The van der Waals surface area contributed by atoms with Crippen LogP contribution in [-0.2, 0) is 0 Å². The van der Waals surface area contributed by atoms with Gasteiger partial charge in [0.15, 0.2) is 0 Å². The normalized spacial score (nSPS) is 16.1. The third-order valence-electron chi connectivity index (χ3n) is 3.36. The van der Waals surface area contributed by atoms with E-state index >= 15 is 0 Å². The SMILES string of the molecule is Nc1cnc2[nH]c(C(=O)N3CCCCC3)cc2c1. The van der Waals surface area contributed by atoms with Gasteiger partial charge in [-0.1, -0.05) is 0 Å². The molecule has 1 aliphatic rings. The molecule has 0 atom stereocenters. The summed E-state index contributed by atoms with van der Waals surface area (Å²) in [6.45, 7) is 1.70. The van der Waals surface area contributed by atoms with Crippen LogP contribution in [0.2, 0.25) is 0 Å². The summed E-state index contributed by atoms with van der Waals surface area (Å²) in [5, 5.41) is 0.885. The number of carbonyl (C=O) groups is 1. The van der Waals surface area contributed by atoms with E-state index in [4.69, 9.17) is 5.73 Å². The van der Waals surface area contributed by atoms with Crippen LogP contribution in [0, 0.1) is 0 Å². The van der Waals surface area contributed by atoms with Gasteiger partial charge in [0.05, 0.1) is 11.9 Å². The van der Waals surface area contributed by atoms with Crippen molar-refractivity contribution in [2.75, 3.05) is 18.8 Å². The van der Waals surface area contributed by atoms with Gasteiger partial charge in [-0.25, -0.2) is 4.98 Å². The molecule has 0 saturated carbocycles. The number of nitrogens with one attached hydrogen (secondary N) is 1. The first-order valence-electron chi connectivity index (χ1n) is 6.27. The van der Waals surface area contributed by atoms with Crippen molar-refractivity contribution in [1.29, 1.82) is 0 Å². The van der Waals surface area contributed by atoms with E-state index in [0.29, 0.717) is 17.0 Å². The smallest absolute Gasteiger partial charge is 0.270 e. The molecular weight excluding hydrogens is 228 g/mol. The zero-order valence-electron chi connectivity index (χ0n) is 10.1. The molecular formula is C13H16N4O. The van der Waals surface area contributed by atoms with Crippen molar-refractivity contribution in [3.05, 3.63) is 24.0 Å². The summed E-state index contributed by atoms with van der Waals surface area (Å²) in [6.07, 6.45) is 5.00. The van der Waals surface area contributed by atoms with Crippen LogP contribution in [0.1, 0.15) is 29.8 Å². The second-order valence-electron chi connectivity index (χ2n) is 4.74. The molecule has 18 heavy (non-hydrogen) atoms. The fourth-order valence-electron chi connectivity index (χ4n) is 2.41. The number of fused-ring (bicyclic) bond motifs is 1. The van der Waals surface area contributed by atoms with Crippen molar-refractivity contribution in [3.8, 4) is 0 Å². The van der Waals surface area contributed by atoms with Crippen molar-refractivity contribution in [2.45, 2.75) is 19.3 Å². The minimum absolute atomic E-state index is 0.0614. The maximum atomic E-state index is 12.3. The Balaban J connectivity index is 1.91. The summed E-state index contributed by atoms with van der Waals surface area (Å²) in [4.78, 5) is 21.4. The quantitative estimate of drug-likeness (QED) is 0.802. The zero-order valence-corrected chi connectivity index (χ0v) is 10.1. The summed E-state index contributed by atoms with van der Waals surface area (Å²) >= 11 is 0. The summed E-state index contributed by atoms with van der Waals surface area (Å²) in [5.41, 5.74) is 7.60. The molecule has 3 heterocycles. The topological polar surface area (TPSA) is 75.0 Å². The first kappa shape index (κ1) is 11.1. The van der Waals surface area contributed by atoms with Crippen molar-refractivity contribution >= 4 is 22.6 Å². The molecule has 2 aromatic heterocycles. The lowest BCUT2D eigenvalue weighted by atomic mass is 10.1. The summed E-state index contributed by atoms with van der Waals surface area (Å²) in [5.74, 6) is 0.0614. The molecule has 2 aromatic rings. The highest BCUT2D eigenvalue weighted by atomic mass is 16.2. The Kier molecular flexibility index (Phi) is 2.66. The van der Waals surface area contributed by atoms with Crippen LogP contribution in [-0.4, -0.2) is 33.9 Å². The number of nitrogens with two attached hydrogens (primary N) is 1. The van der Waals surface area contributed by atoms with Gasteiger partial charge < -0.3 is 15.6 Å². The van der Waals surface area contributed by atoms with Gasteiger partial charge in [-0.05, 0) is 31.4 Å². The summed E-state index contributed by atoms with van der Waals surface area (Å²) < 4.78 is 0. The third-order valence-corrected chi connectivity index (χ3v) is 3.36. The summed E-state index contributed by atoms with van der Waals surface area (Å²) in [7, 11) is 0. The van der Waals surface area contributed by atoms with Crippen LogP contribution >= 0.6 is 0 Å². The number of likely N-dealkylation sites (tertiary alicyclic amines) is 1. The van der Waals surface area contributed by atoms with Gasteiger partial charge in [0.2, 0.25) is 0 Å². The molecule has 0 spiro atoms. The van der Waals surface area contributed by atoms with Crippen LogP contribution in [0.4, 0.5) is 5.69 Å². The Morgan fingerprint density at radius 3 is 2.83 bits per heavy atom. The van der Waals surface area contributed by atoms with Gasteiger partial charge in [-0.2, -0.15) is 0 Å². The van der Waals surface area contributed by atoms with Crippen molar-refractivity contribution in [3.63, 3.8) is 0 Å². The number of amides is 1. The van der Waals surface area contributed by atoms with Crippen LogP contribution in [0.15, 0.2) is 18.3 Å². The van der Waals surface area contributed by atoms with E-state index in [1.165, 1.54) is 6.42 Å². The second kappa shape index (κ2) is 4.33. The molecule has 94 valence electrons. The van der Waals surface area contributed by atoms with Gasteiger partial charge in [-0.3, -0.25) is 4.79 Å². The Labute approximate surface area is 105 Å². The van der Waals surface area contributed by atoms with Crippen LogP contribution < -0.4 is 5.73 Å². The molecule has 1 fully saturated rings. The number of pyridine rings is 1. The van der Waals surface area contributed by atoms with Gasteiger partial charge in [0.1, 0.15) is 11.3 Å². The number of nitrogen functional groups attached to an aromatic ring is 1. The number of rotatable bonds is 1. The Hall–Kier alpha value is -2.04.